The fraction of sp³-hybridized carbons (Fsp3) is 0.368. The lowest BCUT2D eigenvalue weighted by atomic mass is 9.51. The van der Waals surface area contributed by atoms with E-state index >= 15 is 0 Å². The van der Waals surface area contributed by atoms with E-state index in [0.717, 1.165) is 24.4 Å². The third-order valence-corrected chi connectivity index (χ3v) is 11.3. The van der Waals surface area contributed by atoms with E-state index < -0.39 is 35.0 Å². The molecule has 3 heterocycles. The van der Waals surface area contributed by atoms with Gasteiger partial charge in [0.25, 0.3) is 0 Å². The lowest BCUT2D eigenvalue weighted by molar-refractivity contribution is -0.131. The molecule has 0 bridgehead atoms. The Labute approximate surface area is 278 Å². The number of fused-ring (bicyclic) bond motifs is 4. The Morgan fingerprint density at radius 1 is 0.792 bits per heavy atom. The number of carbonyl (C=O) groups is 4. The van der Waals surface area contributed by atoms with Crippen LogP contribution in [-0.2, 0) is 23.9 Å². The minimum atomic E-state index is -1.26. The van der Waals surface area contributed by atoms with Crippen LogP contribution in [-0.4, -0.2) is 62.1 Å². The van der Waals surface area contributed by atoms with Crippen molar-refractivity contribution in [3.05, 3.63) is 90.0 Å². The Hall–Kier alpha value is -4.96. The Morgan fingerprint density at radius 2 is 1.48 bits per heavy atom. The van der Waals surface area contributed by atoms with Gasteiger partial charge in [0.05, 0.1) is 54.9 Å². The van der Waals surface area contributed by atoms with Gasteiger partial charge < -0.3 is 19.5 Å². The van der Waals surface area contributed by atoms with Gasteiger partial charge in [-0.3, -0.25) is 24.1 Å². The van der Waals surface area contributed by atoms with Crippen LogP contribution in [0.5, 0.6) is 11.5 Å². The number of amides is 4. The highest BCUT2D eigenvalue weighted by molar-refractivity contribution is 6.25. The fourth-order valence-corrected chi connectivity index (χ4v) is 9.01. The van der Waals surface area contributed by atoms with Crippen molar-refractivity contribution in [2.45, 2.75) is 25.7 Å². The van der Waals surface area contributed by atoms with Crippen LogP contribution in [0.25, 0.3) is 0 Å². The minimum Gasteiger partial charge on any atom is -0.504 e. The van der Waals surface area contributed by atoms with Gasteiger partial charge in [0.15, 0.2) is 11.5 Å². The Balaban J connectivity index is 1.20. The first-order chi connectivity index (χ1) is 23.3. The molecule has 10 nitrogen and oxygen atoms in total. The summed E-state index contributed by atoms with van der Waals surface area (Å²) < 4.78 is 10.9. The van der Waals surface area contributed by atoms with Crippen molar-refractivity contribution in [3.8, 4) is 11.5 Å². The number of allylic oxidation sites excluding steroid dienone is 2. The van der Waals surface area contributed by atoms with Crippen LogP contribution >= 0.6 is 0 Å². The van der Waals surface area contributed by atoms with Gasteiger partial charge >= 0.3 is 0 Å². The normalized spacial score (nSPS) is 29.8. The van der Waals surface area contributed by atoms with Gasteiger partial charge in [0.1, 0.15) is 0 Å². The third-order valence-electron chi connectivity index (χ3n) is 11.3. The molecule has 5 aliphatic rings. The average Bonchev–Trinajstić information content (AvgIpc) is 3.48. The highest BCUT2D eigenvalue weighted by Crippen LogP contribution is 2.65. The first kappa shape index (κ1) is 30.4. The summed E-state index contributed by atoms with van der Waals surface area (Å²) in [6.07, 6.45) is 2.54. The molecule has 246 valence electrons. The van der Waals surface area contributed by atoms with Crippen LogP contribution in [0.4, 0.5) is 17.1 Å². The molecule has 6 atom stereocenters. The number of rotatable bonds is 5. The second-order valence-corrected chi connectivity index (χ2v) is 13.5. The molecule has 0 unspecified atom stereocenters. The highest BCUT2D eigenvalue weighted by Gasteiger charge is 2.68. The van der Waals surface area contributed by atoms with Gasteiger partial charge in [0.2, 0.25) is 23.6 Å². The number of hydrogen-bond acceptors (Lipinski definition) is 8. The van der Waals surface area contributed by atoms with Gasteiger partial charge in [-0.1, -0.05) is 42.0 Å². The van der Waals surface area contributed by atoms with E-state index in [1.165, 1.54) is 16.9 Å². The first-order valence-corrected chi connectivity index (χ1v) is 16.6. The number of aromatic hydroxyl groups is 1. The number of benzene rings is 3. The number of phenolic OH excluding ortho intramolecular Hbond substituents is 1. The number of para-hydroxylation sites is 2. The fourth-order valence-electron chi connectivity index (χ4n) is 9.01. The number of ether oxygens (including phenoxy) is 2. The third kappa shape index (κ3) is 4.28. The second-order valence-electron chi connectivity index (χ2n) is 13.5. The number of nitrogens with zero attached hydrogens (tertiary/aromatic N) is 3. The monoisotopic (exact) mass is 647 g/mol. The predicted octanol–water partition coefficient (Wildman–Crippen LogP) is 4.67. The van der Waals surface area contributed by atoms with E-state index in [1.807, 2.05) is 36.4 Å². The van der Waals surface area contributed by atoms with Crippen LogP contribution in [0.3, 0.4) is 0 Å². The Bertz CT molecular complexity index is 1850. The number of methoxy groups -OCH3 is 1. The zero-order valence-electron chi connectivity index (χ0n) is 26.9. The molecule has 3 aromatic rings. The van der Waals surface area contributed by atoms with Crippen molar-refractivity contribution in [1.29, 1.82) is 0 Å². The number of carbonyl (C=O) groups excluding carboxylic acids is 4. The number of anilines is 3. The van der Waals surface area contributed by atoms with Gasteiger partial charge in [-0.15, -0.1) is 0 Å². The van der Waals surface area contributed by atoms with Crippen LogP contribution in [0.1, 0.15) is 31.2 Å². The standard InChI is InChI=1S/C38H37N3O7/c1-38-29(35(44)41(37(38)46)23-7-4-3-5-8-23)21-28-25(32(38)27-9-6-10-30(47-2)33(27)42)15-16-26-31(28)36(45)40(34(26)43)24-13-11-22(12-14-24)39-17-19-48-20-18-39/h3-15,26,28-29,31-32,42H,16-21H2,1-2H3/t26-,28+,29-,31-,32+,38+/m0/s1. The second kappa shape index (κ2) is 11.3. The van der Waals surface area contributed by atoms with Crippen molar-refractivity contribution < 1.29 is 33.8 Å². The summed E-state index contributed by atoms with van der Waals surface area (Å²) in [5.41, 5.74) is 2.00. The lowest BCUT2D eigenvalue weighted by Gasteiger charge is -2.49. The van der Waals surface area contributed by atoms with Crippen LogP contribution in [0.2, 0.25) is 0 Å². The molecule has 4 amide bonds. The molecule has 3 aliphatic heterocycles. The molecule has 2 aliphatic carbocycles. The predicted molar refractivity (Wildman–Crippen MR) is 178 cm³/mol. The molecule has 8 rings (SSSR count). The van der Waals surface area contributed by atoms with Crippen molar-refractivity contribution >= 4 is 40.7 Å². The van der Waals surface area contributed by atoms with E-state index in [4.69, 9.17) is 9.47 Å². The molecule has 0 spiro atoms. The first-order valence-electron chi connectivity index (χ1n) is 16.6. The van der Waals surface area contributed by atoms with E-state index in [-0.39, 0.29) is 41.5 Å². The molecule has 4 fully saturated rings. The molecule has 1 N–H and O–H groups in total. The van der Waals surface area contributed by atoms with Crippen molar-refractivity contribution in [1.82, 2.24) is 0 Å². The molecule has 1 saturated carbocycles. The molecule has 48 heavy (non-hydrogen) atoms. The maximum Gasteiger partial charge on any atom is 0.241 e. The van der Waals surface area contributed by atoms with Crippen LogP contribution in [0.15, 0.2) is 84.4 Å². The van der Waals surface area contributed by atoms with Crippen molar-refractivity contribution in [2.75, 3.05) is 48.1 Å². The highest BCUT2D eigenvalue weighted by atomic mass is 16.5. The summed E-state index contributed by atoms with van der Waals surface area (Å²) >= 11 is 0. The molecular formula is C38H37N3O7. The minimum absolute atomic E-state index is 0.108. The number of hydrogen-bond donors (Lipinski definition) is 1. The van der Waals surface area contributed by atoms with Gasteiger partial charge in [-0.2, -0.15) is 0 Å². The summed E-state index contributed by atoms with van der Waals surface area (Å²) in [6, 6.07) is 21.5. The SMILES string of the molecule is COc1cccc([C@H]2C3=CC[C@@H]4C(=O)N(c5ccc(N6CCOCC6)cc5)C(=O)[C@@H]4[C@@H]3C[C@H]3C(=O)N(c4ccccc4)C(=O)[C@@]23C)c1O. The zero-order valence-corrected chi connectivity index (χ0v) is 26.9. The number of morpholine rings is 1. The summed E-state index contributed by atoms with van der Waals surface area (Å²) in [6.45, 7) is 4.65. The van der Waals surface area contributed by atoms with E-state index in [2.05, 4.69) is 4.90 Å². The van der Waals surface area contributed by atoms with Gasteiger partial charge in [0, 0.05) is 30.3 Å². The Kier molecular flexibility index (Phi) is 7.17. The maximum atomic E-state index is 14.5. The van der Waals surface area contributed by atoms with Crippen LogP contribution in [0, 0.1) is 29.1 Å². The molecule has 3 saturated heterocycles. The smallest absolute Gasteiger partial charge is 0.241 e. The number of imide groups is 2. The van der Waals surface area contributed by atoms with E-state index in [9.17, 15) is 24.3 Å². The van der Waals surface area contributed by atoms with Crippen LogP contribution < -0.4 is 19.4 Å². The molecule has 0 aromatic heterocycles. The molecular weight excluding hydrogens is 610 g/mol. The summed E-state index contributed by atoms with van der Waals surface area (Å²) in [5, 5.41) is 11.5. The molecule has 3 aromatic carbocycles. The molecule has 0 radical (unpaired) electrons. The average molecular weight is 648 g/mol. The van der Waals surface area contributed by atoms with E-state index in [0.29, 0.717) is 36.6 Å². The quantitative estimate of drug-likeness (QED) is 0.314. The lowest BCUT2D eigenvalue weighted by Crippen LogP contribution is -2.48. The zero-order chi connectivity index (χ0) is 33.3. The van der Waals surface area contributed by atoms with Gasteiger partial charge in [-0.05, 0) is 68.1 Å². The molecule has 10 heteroatoms. The summed E-state index contributed by atoms with van der Waals surface area (Å²) in [4.78, 5) is 62.1. The maximum absolute atomic E-state index is 14.5. The largest absolute Gasteiger partial charge is 0.504 e. The summed E-state index contributed by atoms with van der Waals surface area (Å²) in [5.74, 6) is -4.40. The van der Waals surface area contributed by atoms with Crippen molar-refractivity contribution in [2.24, 2.45) is 29.1 Å². The number of phenols is 1. The van der Waals surface area contributed by atoms with E-state index in [1.54, 1.807) is 49.4 Å². The Morgan fingerprint density at radius 3 is 2.19 bits per heavy atom. The van der Waals surface area contributed by atoms with Gasteiger partial charge in [-0.25, -0.2) is 4.90 Å². The summed E-state index contributed by atoms with van der Waals surface area (Å²) in [7, 11) is 1.46. The van der Waals surface area contributed by atoms with Crippen molar-refractivity contribution in [3.63, 3.8) is 0 Å². The topological polar surface area (TPSA) is 117 Å².